The molecular formula is C20H26FN5OS. The van der Waals surface area contributed by atoms with Crippen molar-refractivity contribution in [2.24, 2.45) is 10.7 Å². The van der Waals surface area contributed by atoms with Gasteiger partial charge in [-0.1, -0.05) is 11.8 Å². The van der Waals surface area contributed by atoms with Crippen molar-refractivity contribution in [2.45, 2.75) is 52.1 Å². The van der Waals surface area contributed by atoms with Crippen LogP contribution in [-0.4, -0.2) is 26.6 Å². The van der Waals surface area contributed by atoms with Crippen LogP contribution in [0.3, 0.4) is 0 Å². The van der Waals surface area contributed by atoms with Gasteiger partial charge in [0.05, 0.1) is 16.8 Å². The van der Waals surface area contributed by atoms with Crippen molar-refractivity contribution < 1.29 is 9.18 Å². The predicted molar refractivity (Wildman–Crippen MR) is 112 cm³/mol. The second-order valence-corrected chi connectivity index (χ2v) is 9.34. The molecular weight excluding hydrogens is 377 g/mol. The van der Waals surface area contributed by atoms with Crippen LogP contribution in [-0.2, 0) is 11.1 Å². The Morgan fingerprint density at radius 1 is 1.36 bits per heavy atom. The topological polar surface area (TPSA) is 85.3 Å². The lowest BCUT2D eigenvalue weighted by atomic mass is 9.89. The summed E-state index contributed by atoms with van der Waals surface area (Å²) in [6.45, 7) is 9.66. The van der Waals surface area contributed by atoms with Crippen LogP contribution in [0.1, 0.15) is 55.9 Å². The zero-order valence-corrected chi connectivity index (χ0v) is 17.7. The Kier molecular flexibility index (Phi) is 5.27. The van der Waals surface area contributed by atoms with Gasteiger partial charge < -0.3 is 11.1 Å². The Hall–Kier alpha value is -2.35. The summed E-state index contributed by atoms with van der Waals surface area (Å²) in [6, 6.07) is 6.30. The number of amides is 1. The second-order valence-electron chi connectivity index (χ2n) is 8.22. The lowest BCUT2D eigenvalue weighted by molar-refractivity contribution is 0.100. The predicted octanol–water partition coefficient (Wildman–Crippen LogP) is 4.00. The number of nitrogens with two attached hydrogens (primary N) is 1. The number of nitrogens with zero attached hydrogens (tertiary/aromatic N) is 3. The van der Waals surface area contributed by atoms with Gasteiger partial charge in [0, 0.05) is 17.0 Å². The average Bonchev–Trinajstić information content (AvgIpc) is 2.98. The van der Waals surface area contributed by atoms with E-state index in [9.17, 15) is 9.18 Å². The molecule has 0 saturated heterocycles. The van der Waals surface area contributed by atoms with E-state index >= 15 is 0 Å². The number of halogens is 1. The highest BCUT2D eigenvalue weighted by Gasteiger charge is 2.32. The van der Waals surface area contributed by atoms with Crippen molar-refractivity contribution >= 4 is 28.5 Å². The molecule has 0 spiro atoms. The third-order valence-corrected chi connectivity index (χ3v) is 5.50. The van der Waals surface area contributed by atoms with Crippen molar-refractivity contribution in [2.75, 3.05) is 11.1 Å². The quantitative estimate of drug-likeness (QED) is 0.811. The van der Waals surface area contributed by atoms with E-state index in [0.29, 0.717) is 28.5 Å². The lowest BCUT2D eigenvalue weighted by Crippen LogP contribution is -2.30. The zero-order chi connectivity index (χ0) is 20.7. The number of rotatable bonds is 3. The number of hydrogen-bond acceptors (Lipinski definition) is 5. The fraction of sp³-hybridized carbons (Fsp3) is 0.450. The molecule has 0 saturated carbocycles. The molecule has 1 aromatic heterocycles. The van der Waals surface area contributed by atoms with Gasteiger partial charge in [-0.25, -0.2) is 4.39 Å². The first-order valence-electron chi connectivity index (χ1n) is 9.16. The van der Waals surface area contributed by atoms with Crippen LogP contribution in [0.2, 0.25) is 0 Å². The summed E-state index contributed by atoms with van der Waals surface area (Å²) in [7, 11) is 0. The van der Waals surface area contributed by atoms with Crippen molar-refractivity contribution in [3.05, 3.63) is 47.0 Å². The van der Waals surface area contributed by atoms with E-state index in [1.54, 1.807) is 22.9 Å². The smallest absolute Gasteiger partial charge is 0.273 e. The molecule has 28 heavy (non-hydrogen) atoms. The molecule has 2 heterocycles. The van der Waals surface area contributed by atoms with Gasteiger partial charge in [-0.05, 0) is 65.3 Å². The van der Waals surface area contributed by atoms with E-state index in [2.05, 4.69) is 15.4 Å². The molecule has 2 aromatic rings. The number of aromatic nitrogens is 2. The zero-order valence-electron chi connectivity index (χ0n) is 16.8. The second kappa shape index (κ2) is 7.24. The Morgan fingerprint density at radius 3 is 2.71 bits per heavy atom. The number of carbonyl (C=O) groups is 1. The van der Waals surface area contributed by atoms with Gasteiger partial charge in [-0.2, -0.15) is 5.10 Å². The standard InChI is InChI=1S/C20H26FN5OS/c1-12-10-16(26(25-12)19(2,3)4)17(27)23-13-6-7-15(21)14(11-13)20(5)8-9-28-18(22)24-20/h6-7,10-11H,8-9H2,1-5H3,(H2,22,24)(H,23,27). The molecule has 0 bridgehead atoms. The molecule has 1 aliphatic rings. The van der Waals surface area contributed by atoms with Gasteiger partial charge >= 0.3 is 0 Å². The number of amidine groups is 1. The van der Waals surface area contributed by atoms with E-state index in [-0.39, 0.29) is 17.3 Å². The number of thioether (sulfide) groups is 1. The molecule has 1 aliphatic heterocycles. The molecule has 0 radical (unpaired) electrons. The molecule has 3 rings (SSSR count). The Morgan fingerprint density at radius 2 is 2.07 bits per heavy atom. The summed E-state index contributed by atoms with van der Waals surface area (Å²) in [6.07, 6.45) is 0.669. The van der Waals surface area contributed by atoms with Crippen LogP contribution in [0.25, 0.3) is 0 Å². The van der Waals surface area contributed by atoms with Gasteiger partial charge in [0.1, 0.15) is 11.5 Å². The maximum atomic E-state index is 14.6. The lowest BCUT2D eigenvalue weighted by Gasteiger charge is -2.30. The summed E-state index contributed by atoms with van der Waals surface area (Å²) >= 11 is 1.47. The van der Waals surface area contributed by atoms with Crippen LogP contribution in [0, 0.1) is 12.7 Å². The van der Waals surface area contributed by atoms with E-state index in [4.69, 9.17) is 5.73 Å². The van der Waals surface area contributed by atoms with Crippen LogP contribution in [0.15, 0.2) is 29.3 Å². The Labute approximate surface area is 168 Å². The van der Waals surface area contributed by atoms with Crippen molar-refractivity contribution in [1.29, 1.82) is 0 Å². The molecule has 1 aromatic carbocycles. The number of aliphatic imine (C=N–C) groups is 1. The number of nitrogens with one attached hydrogen (secondary N) is 1. The monoisotopic (exact) mass is 403 g/mol. The minimum absolute atomic E-state index is 0.291. The van der Waals surface area contributed by atoms with Gasteiger partial charge in [0.25, 0.3) is 5.91 Å². The van der Waals surface area contributed by atoms with Gasteiger partial charge in [-0.3, -0.25) is 14.5 Å². The molecule has 0 fully saturated rings. The first-order valence-corrected chi connectivity index (χ1v) is 10.1. The molecule has 1 atom stereocenters. The van der Waals surface area contributed by atoms with Crippen LogP contribution in [0.4, 0.5) is 10.1 Å². The van der Waals surface area contributed by atoms with Crippen molar-refractivity contribution in [3.8, 4) is 0 Å². The minimum Gasteiger partial charge on any atom is -0.379 e. The number of aryl methyl sites for hydroxylation is 1. The van der Waals surface area contributed by atoms with Gasteiger partial charge in [0.2, 0.25) is 0 Å². The van der Waals surface area contributed by atoms with Crippen LogP contribution in [0.5, 0.6) is 0 Å². The van der Waals surface area contributed by atoms with Gasteiger partial charge in [0.15, 0.2) is 5.17 Å². The SMILES string of the molecule is Cc1cc(C(=O)Nc2ccc(F)c(C3(C)CCSC(N)=N3)c2)n(C(C)(C)C)n1. The van der Waals surface area contributed by atoms with Gasteiger partial charge in [-0.15, -0.1) is 0 Å². The highest BCUT2D eigenvalue weighted by atomic mass is 32.2. The van der Waals surface area contributed by atoms with Crippen LogP contribution < -0.4 is 11.1 Å². The van der Waals surface area contributed by atoms with E-state index in [1.807, 2.05) is 34.6 Å². The average molecular weight is 404 g/mol. The fourth-order valence-electron chi connectivity index (χ4n) is 3.26. The van der Waals surface area contributed by atoms with Crippen molar-refractivity contribution in [3.63, 3.8) is 0 Å². The van der Waals surface area contributed by atoms with Crippen molar-refractivity contribution in [1.82, 2.24) is 9.78 Å². The van der Waals surface area contributed by atoms with E-state index in [0.717, 1.165) is 11.4 Å². The molecule has 0 aliphatic carbocycles. The maximum Gasteiger partial charge on any atom is 0.273 e. The fourth-order valence-corrected chi connectivity index (χ4v) is 4.24. The number of benzene rings is 1. The highest BCUT2D eigenvalue weighted by Crippen LogP contribution is 2.37. The molecule has 1 amide bonds. The third-order valence-electron chi connectivity index (χ3n) is 4.70. The van der Waals surface area contributed by atoms with E-state index in [1.165, 1.54) is 17.8 Å². The summed E-state index contributed by atoms with van der Waals surface area (Å²) in [5.41, 5.74) is 6.93. The molecule has 1 unspecified atom stereocenters. The Balaban J connectivity index is 1.93. The first kappa shape index (κ1) is 20.4. The molecule has 8 heteroatoms. The number of hydrogen-bond donors (Lipinski definition) is 2. The van der Waals surface area contributed by atoms with Crippen LogP contribution >= 0.6 is 11.8 Å². The largest absolute Gasteiger partial charge is 0.379 e. The first-order chi connectivity index (χ1) is 13.0. The Bertz CT molecular complexity index is 947. The number of carbonyl (C=O) groups excluding carboxylic acids is 1. The number of anilines is 1. The third kappa shape index (κ3) is 4.06. The maximum absolute atomic E-state index is 14.6. The molecule has 150 valence electrons. The summed E-state index contributed by atoms with van der Waals surface area (Å²) in [5.74, 6) is 0.117. The molecule has 3 N–H and O–H groups in total. The molecule has 6 nitrogen and oxygen atoms in total. The summed E-state index contributed by atoms with van der Waals surface area (Å²) in [4.78, 5) is 17.3. The van der Waals surface area contributed by atoms with E-state index < -0.39 is 5.54 Å². The summed E-state index contributed by atoms with van der Waals surface area (Å²) < 4.78 is 16.3. The minimum atomic E-state index is -0.746. The summed E-state index contributed by atoms with van der Waals surface area (Å²) in [5, 5.41) is 7.75. The normalized spacial score (nSPS) is 20.0. The highest BCUT2D eigenvalue weighted by molar-refractivity contribution is 8.13.